The molecule has 3 N–H and O–H groups in total. The number of nitrogens with one attached hydrogen (secondary N) is 2. The predicted molar refractivity (Wildman–Crippen MR) is 107 cm³/mol. The molecule has 2 aliphatic rings. The van der Waals surface area contributed by atoms with E-state index in [0.717, 1.165) is 50.7 Å². The van der Waals surface area contributed by atoms with Crippen LogP contribution in [0.1, 0.15) is 32.6 Å². The molecule has 27 heavy (non-hydrogen) atoms. The van der Waals surface area contributed by atoms with Crippen molar-refractivity contribution in [3.63, 3.8) is 0 Å². The zero-order valence-corrected chi connectivity index (χ0v) is 16.6. The Morgan fingerprint density at radius 2 is 2.30 bits per heavy atom. The van der Waals surface area contributed by atoms with Crippen molar-refractivity contribution in [1.82, 2.24) is 20.4 Å². The van der Waals surface area contributed by atoms with Gasteiger partial charge in [-0.1, -0.05) is 0 Å². The molecule has 1 aromatic heterocycles. The van der Waals surface area contributed by atoms with E-state index < -0.39 is 6.10 Å². The van der Waals surface area contributed by atoms with Crippen LogP contribution < -0.4 is 15.5 Å². The molecule has 0 radical (unpaired) electrons. The summed E-state index contributed by atoms with van der Waals surface area (Å²) < 4.78 is 7.39. The van der Waals surface area contributed by atoms with Crippen molar-refractivity contribution >= 4 is 11.6 Å². The zero-order valence-electron chi connectivity index (χ0n) is 16.6. The molecule has 8 heteroatoms. The van der Waals surface area contributed by atoms with Crippen molar-refractivity contribution in [3.05, 3.63) is 12.4 Å². The zero-order chi connectivity index (χ0) is 19.1. The van der Waals surface area contributed by atoms with E-state index in [-0.39, 0.29) is 0 Å². The third-order valence-corrected chi connectivity index (χ3v) is 4.98. The quantitative estimate of drug-likeness (QED) is 0.434. The SMILES string of the molecule is CCNC(=NCC(O)COCC1CC1)NC1CCCN(c2cnn(C)c2)C1. The highest BCUT2D eigenvalue weighted by molar-refractivity contribution is 5.80. The smallest absolute Gasteiger partial charge is 0.191 e. The Morgan fingerprint density at radius 3 is 3.00 bits per heavy atom. The maximum absolute atomic E-state index is 10.1. The van der Waals surface area contributed by atoms with E-state index in [4.69, 9.17) is 4.74 Å². The number of nitrogens with zero attached hydrogens (tertiary/aromatic N) is 4. The lowest BCUT2D eigenvalue weighted by Crippen LogP contribution is -2.51. The van der Waals surface area contributed by atoms with Gasteiger partial charge in [0.05, 0.1) is 31.1 Å². The van der Waals surface area contributed by atoms with Gasteiger partial charge in [-0.2, -0.15) is 5.10 Å². The largest absolute Gasteiger partial charge is 0.389 e. The van der Waals surface area contributed by atoms with E-state index in [9.17, 15) is 5.11 Å². The fourth-order valence-electron chi connectivity index (χ4n) is 3.32. The van der Waals surface area contributed by atoms with Crippen molar-refractivity contribution in [2.45, 2.75) is 44.8 Å². The van der Waals surface area contributed by atoms with Gasteiger partial charge in [0, 0.05) is 45.5 Å². The standard InChI is InChI=1S/C19H34N6O2/c1-3-20-19(21-10-18(26)14-27-13-15-6-7-15)23-16-5-4-8-25(11-16)17-9-22-24(2)12-17/h9,12,15-16,18,26H,3-8,10-11,13-14H2,1-2H3,(H2,20,21,23). The molecule has 8 nitrogen and oxygen atoms in total. The monoisotopic (exact) mass is 378 g/mol. The van der Waals surface area contributed by atoms with Crippen molar-refractivity contribution in [2.75, 3.05) is 44.3 Å². The van der Waals surface area contributed by atoms with Crippen LogP contribution in [0.5, 0.6) is 0 Å². The minimum atomic E-state index is -0.558. The van der Waals surface area contributed by atoms with Gasteiger partial charge in [-0.15, -0.1) is 0 Å². The molecule has 2 unspecified atom stereocenters. The Morgan fingerprint density at radius 1 is 1.44 bits per heavy atom. The summed E-state index contributed by atoms with van der Waals surface area (Å²) in [5.74, 6) is 1.48. The molecule has 1 aliphatic heterocycles. The molecule has 1 saturated carbocycles. The third kappa shape index (κ3) is 6.70. The van der Waals surface area contributed by atoms with Gasteiger partial charge in [0.15, 0.2) is 5.96 Å². The molecule has 1 aliphatic carbocycles. The Kier molecular flexibility index (Phi) is 7.34. The number of hydrogen-bond acceptors (Lipinski definition) is 5. The van der Waals surface area contributed by atoms with E-state index in [0.29, 0.717) is 25.1 Å². The average Bonchev–Trinajstić information content (AvgIpc) is 3.38. The third-order valence-electron chi connectivity index (χ3n) is 4.98. The average molecular weight is 379 g/mol. The molecule has 1 aromatic rings. The maximum Gasteiger partial charge on any atom is 0.191 e. The number of anilines is 1. The molecule has 3 rings (SSSR count). The molecule has 1 saturated heterocycles. The number of piperidine rings is 1. The number of guanidine groups is 1. The number of rotatable bonds is 9. The minimum Gasteiger partial charge on any atom is -0.389 e. The van der Waals surface area contributed by atoms with Crippen LogP contribution in [0.15, 0.2) is 17.4 Å². The molecule has 2 atom stereocenters. The highest BCUT2D eigenvalue weighted by Gasteiger charge is 2.23. The molecule has 152 valence electrons. The van der Waals surface area contributed by atoms with E-state index in [2.05, 4.69) is 38.7 Å². The summed E-state index contributed by atoms with van der Waals surface area (Å²) >= 11 is 0. The highest BCUT2D eigenvalue weighted by Crippen LogP contribution is 2.28. The number of ether oxygens (including phenoxy) is 1. The highest BCUT2D eigenvalue weighted by atomic mass is 16.5. The van der Waals surface area contributed by atoms with Crippen LogP contribution in [0, 0.1) is 5.92 Å². The van der Waals surface area contributed by atoms with Gasteiger partial charge in [0.25, 0.3) is 0 Å². The summed E-state index contributed by atoms with van der Waals surface area (Å²) in [6.45, 7) is 6.29. The van der Waals surface area contributed by atoms with Crippen molar-refractivity contribution in [3.8, 4) is 0 Å². The number of aliphatic hydroxyl groups excluding tert-OH is 1. The Labute approximate surface area is 162 Å². The number of aliphatic hydroxyl groups is 1. The van der Waals surface area contributed by atoms with Crippen LogP contribution >= 0.6 is 0 Å². The summed E-state index contributed by atoms with van der Waals surface area (Å²) in [5.41, 5.74) is 1.16. The normalized spacial score (nSPS) is 22.0. The van der Waals surface area contributed by atoms with Gasteiger partial charge in [-0.05, 0) is 38.5 Å². The molecular formula is C19H34N6O2. The minimum absolute atomic E-state index is 0.319. The molecule has 2 fully saturated rings. The summed E-state index contributed by atoms with van der Waals surface area (Å²) in [4.78, 5) is 6.91. The van der Waals surface area contributed by atoms with Gasteiger partial charge < -0.3 is 25.4 Å². The summed E-state index contributed by atoms with van der Waals surface area (Å²) in [5, 5.41) is 21.2. The maximum atomic E-state index is 10.1. The predicted octanol–water partition coefficient (Wildman–Crippen LogP) is 0.732. The van der Waals surface area contributed by atoms with Crippen LogP contribution in [-0.4, -0.2) is 72.4 Å². The lowest BCUT2D eigenvalue weighted by Gasteiger charge is -2.34. The molecule has 2 heterocycles. The van der Waals surface area contributed by atoms with Crippen LogP contribution in [-0.2, 0) is 11.8 Å². The summed E-state index contributed by atoms with van der Waals surface area (Å²) in [6.07, 6.45) is 8.18. The number of aliphatic imine (C=N–C) groups is 1. The van der Waals surface area contributed by atoms with Gasteiger partial charge in [0.1, 0.15) is 0 Å². The first kappa shape index (κ1) is 19.9. The van der Waals surface area contributed by atoms with E-state index in [1.54, 1.807) is 0 Å². The second-order valence-corrected chi connectivity index (χ2v) is 7.66. The van der Waals surface area contributed by atoms with Crippen molar-refractivity contribution in [2.24, 2.45) is 18.0 Å². The topological polar surface area (TPSA) is 86.9 Å². The summed E-state index contributed by atoms with van der Waals surface area (Å²) in [6, 6.07) is 0.319. The fraction of sp³-hybridized carbons (Fsp3) is 0.789. The van der Waals surface area contributed by atoms with Crippen LogP contribution in [0.2, 0.25) is 0 Å². The van der Waals surface area contributed by atoms with Crippen LogP contribution in [0.3, 0.4) is 0 Å². The molecule has 0 spiro atoms. The lowest BCUT2D eigenvalue weighted by atomic mass is 10.1. The number of aromatic nitrogens is 2. The number of aryl methyl sites for hydroxylation is 1. The Balaban J connectivity index is 1.46. The Hall–Kier alpha value is -1.80. The molecule has 0 bridgehead atoms. The molecule has 0 aromatic carbocycles. The second kappa shape index (κ2) is 9.94. The second-order valence-electron chi connectivity index (χ2n) is 7.66. The van der Waals surface area contributed by atoms with E-state index in [1.165, 1.54) is 12.8 Å². The van der Waals surface area contributed by atoms with Crippen molar-refractivity contribution in [1.29, 1.82) is 0 Å². The van der Waals surface area contributed by atoms with Crippen LogP contribution in [0.25, 0.3) is 0 Å². The first-order chi connectivity index (χ1) is 13.1. The van der Waals surface area contributed by atoms with Crippen LogP contribution in [0.4, 0.5) is 5.69 Å². The summed E-state index contributed by atoms with van der Waals surface area (Å²) in [7, 11) is 1.94. The Bertz CT molecular complexity index is 601. The first-order valence-corrected chi connectivity index (χ1v) is 10.2. The fourth-order valence-corrected chi connectivity index (χ4v) is 3.32. The first-order valence-electron chi connectivity index (χ1n) is 10.2. The van der Waals surface area contributed by atoms with Gasteiger partial charge in [-0.3, -0.25) is 9.67 Å². The lowest BCUT2D eigenvalue weighted by molar-refractivity contribution is 0.0368. The number of hydrogen-bond donors (Lipinski definition) is 3. The van der Waals surface area contributed by atoms with E-state index in [1.807, 2.05) is 17.9 Å². The van der Waals surface area contributed by atoms with E-state index >= 15 is 0 Å². The van der Waals surface area contributed by atoms with Gasteiger partial charge in [0.2, 0.25) is 0 Å². The van der Waals surface area contributed by atoms with Crippen molar-refractivity contribution < 1.29 is 9.84 Å². The molecular weight excluding hydrogens is 344 g/mol. The van der Waals surface area contributed by atoms with Gasteiger partial charge in [-0.25, -0.2) is 0 Å². The molecule has 0 amide bonds. The van der Waals surface area contributed by atoms with Gasteiger partial charge >= 0.3 is 0 Å².